The van der Waals surface area contributed by atoms with Crippen LogP contribution in [0.2, 0.25) is 0 Å². The molecule has 0 aliphatic carbocycles. The number of pyridine rings is 1. The van der Waals surface area contributed by atoms with Crippen LogP contribution in [0.3, 0.4) is 0 Å². The summed E-state index contributed by atoms with van der Waals surface area (Å²) in [6.07, 6.45) is 1.82. The van der Waals surface area contributed by atoms with Crippen LogP contribution in [0.25, 0.3) is 0 Å². The second-order valence-electron chi connectivity index (χ2n) is 6.17. The maximum Gasteiger partial charge on any atom is 0.324 e. The second-order valence-corrected chi connectivity index (χ2v) is 6.17. The number of imide groups is 1. The van der Waals surface area contributed by atoms with Gasteiger partial charge >= 0.3 is 6.03 Å². The van der Waals surface area contributed by atoms with E-state index in [4.69, 9.17) is 0 Å². The molecule has 1 unspecified atom stereocenters. The molecule has 4 amide bonds. The van der Waals surface area contributed by atoms with Crippen molar-refractivity contribution in [3.63, 3.8) is 0 Å². The quantitative estimate of drug-likeness (QED) is 0.721. The fourth-order valence-corrected chi connectivity index (χ4v) is 2.81. The first-order valence-electron chi connectivity index (χ1n) is 8.56. The van der Waals surface area contributed by atoms with Crippen molar-refractivity contribution in [2.45, 2.75) is 25.4 Å². The highest BCUT2D eigenvalue weighted by Crippen LogP contribution is 2.12. The van der Waals surface area contributed by atoms with E-state index in [1.54, 1.807) is 30.5 Å². The fourth-order valence-electron chi connectivity index (χ4n) is 2.81. The van der Waals surface area contributed by atoms with Crippen molar-refractivity contribution >= 4 is 17.8 Å². The van der Waals surface area contributed by atoms with Gasteiger partial charge in [0.05, 0.1) is 18.7 Å². The highest BCUT2D eigenvalue weighted by molar-refractivity contribution is 6.05. The molecule has 1 saturated heterocycles. The monoisotopic (exact) mass is 370 g/mol. The van der Waals surface area contributed by atoms with E-state index in [0.29, 0.717) is 17.7 Å². The number of carbonyl (C=O) groups excluding carboxylic acids is 3. The summed E-state index contributed by atoms with van der Waals surface area (Å²) in [6.45, 7) is 0.373. The van der Waals surface area contributed by atoms with Crippen molar-refractivity contribution in [2.24, 2.45) is 0 Å². The van der Waals surface area contributed by atoms with E-state index in [0.717, 1.165) is 4.90 Å². The molecule has 0 bridgehead atoms. The molecule has 27 heavy (non-hydrogen) atoms. The molecule has 0 radical (unpaired) electrons. The molecule has 2 N–H and O–H groups in total. The van der Waals surface area contributed by atoms with E-state index in [1.807, 2.05) is 6.07 Å². The zero-order valence-corrected chi connectivity index (χ0v) is 14.5. The molecule has 8 heteroatoms. The Balaban J connectivity index is 1.50. The van der Waals surface area contributed by atoms with E-state index >= 15 is 0 Å². The predicted octanol–water partition coefficient (Wildman–Crippen LogP) is 1.39. The first kappa shape index (κ1) is 18.5. The summed E-state index contributed by atoms with van der Waals surface area (Å²) in [4.78, 5) is 41.6. The molecule has 1 aliphatic heterocycles. The molecular weight excluding hydrogens is 351 g/mol. The van der Waals surface area contributed by atoms with Crippen LogP contribution in [0, 0.1) is 5.82 Å². The van der Waals surface area contributed by atoms with Crippen LogP contribution in [0.4, 0.5) is 9.18 Å². The molecule has 0 saturated carbocycles. The Kier molecular flexibility index (Phi) is 5.75. The highest BCUT2D eigenvalue weighted by Gasteiger charge is 2.38. The lowest BCUT2D eigenvalue weighted by molar-refractivity contribution is -0.130. The van der Waals surface area contributed by atoms with E-state index < -0.39 is 18.0 Å². The summed E-state index contributed by atoms with van der Waals surface area (Å²) in [5.41, 5.74) is 1.39. The van der Waals surface area contributed by atoms with Gasteiger partial charge in [0.25, 0.3) is 5.91 Å². The molecule has 140 valence electrons. The Morgan fingerprint density at radius 1 is 1.22 bits per heavy atom. The number of amides is 4. The second kappa shape index (κ2) is 8.39. The zero-order valence-electron chi connectivity index (χ0n) is 14.5. The van der Waals surface area contributed by atoms with E-state index in [9.17, 15) is 18.8 Å². The molecular formula is C19H19FN4O3. The van der Waals surface area contributed by atoms with Crippen molar-refractivity contribution in [1.82, 2.24) is 20.5 Å². The average molecular weight is 370 g/mol. The topological polar surface area (TPSA) is 91.4 Å². The highest BCUT2D eigenvalue weighted by atomic mass is 19.1. The van der Waals surface area contributed by atoms with E-state index in [-0.39, 0.29) is 31.2 Å². The maximum absolute atomic E-state index is 13.2. The minimum absolute atomic E-state index is 0.125. The van der Waals surface area contributed by atoms with Crippen molar-refractivity contribution in [2.75, 3.05) is 6.54 Å². The molecule has 2 aromatic rings. The van der Waals surface area contributed by atoms with Crippen molar-refractivity contribution < 1.29 is 18.8 Å². The number of aromatic nitrogens is 1. The lowest BCUT2D eigenvalue weighted by atomic mass is 10.1. The van der Waals surface area contributed by atoms with Crippen LogP contribution in [-0.2, 0) is 22.6 Å². The van der Waals surface area contributed by atoms with Crippen molar-refractivity contribution in [3.05, 3.63) is 65.7 Å². The van der Waals surface area contributed by atoms with Gasteiger partial charge in [0.1, 0.15) is 11.9 Å². The summed E-state index contributed by atoms with van der Waals surface area (Å²) >= 11 is 0. The largest absolute Gasteiger partial charge is 0.350 e. The third kappa shape index (κ3) is 4.87. The van der Waals surface area contributed by atoms with Gasteiger partial charge in [-0.1, -0.05) is 18.2 Å². The fraction of sp³-hybridized carbons (Fsp3) is 0.263. The molecule has 2 heterocycles. The number of rotatable bonds is 7. The smallest absolute Gasteiger partial charge is 0.324 e. The summed E-state index contributed by atoms with van der Waals surface area (Å²) in [6, 6.07) is 9.92. The summed E-state index contributed by atoms with van der Waals surface area (Å²) in [5, 5.41) is 5.19. The van der Waals surface area contributed by atoms with E-state index in [1.165, 1.54) is 12.1 Å². The van der Waals surface area contributed by atoms with Gasteiger partial charge in [-0.05, 0) is 36.2 Å². The molecule has 1 aliphatic rings. The lowest BCUT2D eigenvalue weighted by Gasteiger charge is -2.13. The Morgan fingerprint density at radius 2 is 2.07 bits per heavy atom. The van der Waals surface area contributed by atoms with Crippen LogP contribution in [0.1, 0.15) is 17.7 Å². The zero-order chi connectivity index (χ0) is 19.2. The Hall–Kier alpha value is -3.29. The molecule has 1 atom stereocenters. The number of halogens is 1. The molecule has 7 nitrogen and oxygen atoms in total. The van der Waals surface area contributed by atoms with Gasteiger partial charge in [-0.2, -0.15) is 0 Å². The van der Waals surface area contributed by atoms with Crippen LogP contribution in [0.5, 0.6) is 0 Å². The SMILES string of the molecule is O=C(CC1NC(=O)N(CCc2cccc(F)c2)C1=O)NCc1ccccn1. The van der Waals surface area contributed by atoms with Crippen molar-refractivity contribution in [3.8, 4) is 0 Å². The van der Waals surface area contributed by atoms with Gasteiger partial charge in [-0.15, -0.1) is 0 Å². The number of urea groups is 1. The molecule has 0 spiro atoms. The number of nitrogens with zero attached hydrogens (tertiary/aromatic N) is 2. The van der Waals surface area contributed by atoms with Crippen LogP contribution in [-0.4, -0.2) is 40.3 Å². The summed E-state index contributed by atoms with van der Waals surface area (Å²) in [7, 11) is 0. The Labute approximate surface area is 155 Å². The normalized spacial score (nSPS) is 16.3. The van der Waals surface area contributed by atoms with E-state index in [2.05, 4.69) is 15.6 Å². The van der Waals surface area contributed by atoms with Gasteiger partial charge in [0.2, 0.25) is 5.91 Å². The predicted molar refractivity (Wildman–Crippen MR) is 94.8 cm³/mol. The van der Waals surface area contributed by atoms with Crippen LogP contribution in [0.15, 0.2) is 48.7 Å². The number of carbonyl (C=O) groups is 3. The van der Waals surface area contributed by atoms with Crippen molar-refractivity contribution in [1.29, 1.82) is 0 Å². The molecule has 1 aromatic heterocycles. The first-order chi connectivity index (χ1) is 13.0. The molecule has 3 rings (SSSR count). The molecule has 1 fully saturated rings. The average Bonchev–Trinajstić information content (AvgIpc) is 2.92. The Morgan fingerprint density at radius 3 is 2.81 bits per heavy atom. The number of benzene rings is 1. The first-order valence-corrected chi connectivity index (χ1v) is 8.56. The third-order valence-corrected chi connectivity index (χ3v) is 4.20. The Bertz CT molecular complexity index is 844. The van der Waals surface area contributed by atoms with Gasteiger partial charge in [-0.3, -0.25) is 19.5 Å². The van der Waals surface area contributed by atoms with Crippen LogP contribution >= 0.6 is 0 Å². The number of nitrogens with one attached hydrogen (secondary N) is 2. The summed E-state index contributed by atoms with van der Waals surface area (Å²) < 4.78 is 13.2. The number of hydrogen-bond donors (Lipinski definition) is 2. The molecule has 1 aromatic carbocycles. The minimum atomic E-state index is -0.895. The number of hydrogen-bond acceptors (Lipinski definition) is 4. The van der Waals surface area contributed by atoms with Gasteiger partial charge in [0.15, 0.2) is 0 Å². The van der Waals surface area contributed by atoms with Gasteiger partial charge in [-0.25, -0.2) is 9.18 Å². The standard InChI is InChI=1S/C19H19FN4O3/c20-14-5-3-4-13(10-14)7-9-24-18(26)16(23-19(24)27)11-17(25)22-12-15-6-1-2-8-21-15/h1-6,8,10,16H,7,9,11-12H2,(H,22,25)(H,23,27). The summed E-state index contributed by atoms with van der Waals surface area (Å²) in [5.74, 6) is -1.18. The lowest BCUT2D eigenvalue weighted by Crippen LogP contribution is -2.36. The van der Waals surface area contributed by atoms with Gasteiger partial charge in [0, 0.05) is 12.7 Å². The minimum Gasteiger partial charge on any atom is -0.350 e. The van der Waals surface area contributed by atoms with Crippen LogP contribution < -0.4 is 10.6 Å². The third-order valence-electron chi connectivity index (χ3n) is 4.20. The van der Waals surface area contributed by atoms with Gasteiger partial charge < -0.3 is 10.6 Å². The maximum atomic E-state index is 13.2.